The Morgan fingerprint density at radius 1 is 0.941 bits per heavy atom. The lowest BCUT2D eigenvalue weighted by Crippen LogP contribution is -2.23. The second-order valence-corrected chi connectivity index (χ2v) is 8.34. The SMILES string of the molecule is O=C(OCc1cn(-c2ccccc2)nc1-c1ccccc1)c1cccc(CN2CCCC2=O)c1. The zero-order chi connectivity index (χ0) is 23.3. The van der Waals surface area contributed by atoms with Crippen LogP contribution in [0.25, 0.3) is 16.9 Å². The fourth-order valence-corrected chi connectivity index (χ4v) is 4.18. The summed E-state index contributed by atoms with van der Waals surface area (Å²) < 4.78 is 7.50. The van der Waals surface area contributed by atoms with Crippen LogP contribution in [-0.2, 0) is 22.7 Å². The first kappa shape index (κ1) is 21.6. The molecule has 0 aliphatic carbocycles. The number of esters is 1. The molecular formula is C28H25N3O3. The molecule has 0 atom stereocenters. The molecule has 2 heterocycles. The van der Waals surface area contributed by atoms with E-state index < -0.39 is 5.97 Å². The molecule has 170 valence electrons. The predicted octanol–water partition coefficient (Wildman–Crippen LogP) is 5.02. The number of hydrogen-bond acceptors (Lipinski definition) is 4. The Balaban J connectivity index is 1.34. The number of carbonyl (C=O) groups is 2. The summed E-state index contributed by atoms with van der Waals surface area (Å²) in [5, 5.41) is 4.77. The summed E-state index contributed by atoms with van der Waals surface area (Å²) in [6.07, 6.45) is 3.39. The molecule has 1 aliphatic rings. The zero-order valence-corrected chi connectivity index (χ0v) is 18.8. The number of ether oxygens (including phenoxy) is 1. The van der Waals surface area contributed by atoms with E-state index >= 15 is 0 Å². The third kappa shape index (κ3) is 4.76. The molecule has 1 aliphatic heterocycles. The maximum Gasteiger partial charge on any atom is 0.338 e. The van der Waals surface area contributed by atoms with E-state index in [-0.39, 0.29) is 12.5 Å². The van der Waals surface area contributed by atoms with Crippen molar-refractivity contribution in [2.75, 3.05) is 6.54 Å². The Bertz CT molecular complexity index is 1300. The molecule has 1 aromatic heterocycles. The number of para-hydroxylation sites is 1. The molecule has 1 fully saturated rings. The lowest BCUT2D eigenvalue weighted by molar-refractivity contribution is -0.128. The smallest absolute Gasteiger partial charge is 0.338 e. The lowest BCUT2D eigenvalue weighted by atomic mass is 10.1. The summed E-state index contributed by atoms with van der Waals surface area (Å²) in [5.41, 5.74) is 4.88. The van der Waals surface area contributed by atoms with E-state index in [0.29, 0.717) is 18.5 Å². The highest BCUT2D eigenvalue weighted by Crippen LogP contribution is 2.25. The number of nitrogens with zero attached hydrogens (tertiary/aromatic N) is 3. The van der Waals surface area contributed by atoms with Crippen LogP contribution < -0.4 is 0 Å². The van der Waals surface area contributed by atoms with Crippen LogP contribution in [0.5, 0.6) is 0 Å². The van der Waals surface area contributed by atoms with Crippen molar-refractivity contribution in [3.8, 4) is 16.9 Å². The van der Waals surface area contributed by atoms with Crippen LogP contribution in [0.3, 0.4) is 0 Å². The van der Waals surface area contributed by atoms with Gasteiger partial charge in [0.1, 0.15) is 6.61 Å². The van der Waals surface area contributed by atoms with Crippen LogP contribution in [0, 0.1) is 0 Å². The number of amides is 1. The number of likely N-dealkylation sites (tertiary alicyclic amines) is 1. The maximum absolute atomic E-state index is 12.9. The fourth-order valence-electron chi connectivity index (χ4n) is 4.18. The molecule has 1 saturated heterocycles. The molecule has 4 aromatic rings. The minimum absolute atomic E-state index is 0.102. The highest BCUT2D eigenvalue weighted by molar-refractivity contribution is 5.89. The number of benzene rings is 3. The van der Waals surface area contributed by atoms with E-state index in [1.165, 1.54) is 0 Å². The van der Waals surface area contributed by atoms with Crippen molar-refractivity contribution in [3.63, 3.8) is 0 Å². The van der Waals surface area contributed by atoms with Crippen LogP contribution in [0.2, 0.25) is 0 Å². The molecule has 34 heavy (non-hydrogen) atoms. The van der Waals surface area contributed by atoms with Gasteiger partial charge in [0.05, 0.1) is 16.9 Å². The van der Waals surface area contributed by atoms with E-state index in [0.717, 1.165) is 41.0 Å². The summed E-state index contributed by atoms with van der Waals surface area (Å²) in [6.45, 7) is 1.38. The lowest BCUT2D eigenvalue weighted by Gasteiger charge is -2.15. The number of hydrogen-bond donors (Lipinski definition) is 0. The zero-order valence-electron chi connectivity index (χ0n) is 18.8. The minimum Gasteiger partial charge on any atom is -0.457 e. The third-order valence-corrected chi connectivity index (χ3v) is 5.92. The van der Waals surface area contributed by atoms with Crippen molar-refractivity contribution in [1.82, 2.24) is 14.7 Å². The van der Waals surface area contributed by atoms with Gasteiger partial charge >= 0.3 is 5.97 Å². The standard InChI is InChI=1S/C28H25N3O3/c32-26-15-8-16-30(26)18-21-9-7-12-23(17-21)28(33)34-20-24-19-31(25-13-5-2-6-14-25)29-27(24)22-10-3-1-4-11-22/h1-7,9-14,17,19H,8,15-16,18,20H2. The molecule has 1 amide bonds. The Morgan fingerprint density at radius 3 is 2.44 bits per heavy atom. The maximum atomic E-state index is 12.9. The molecular weight excluding hydrogens is 426 g/mol. The van der Waals surface area contributed by atoms with Gasteiger partial charge in [0, 0.05) is 36.8 Å². The quantitative estimate of drug-likeness (QED) is 0.370. The van der Waals surface area contributed by atoms with E-state index in [1.54, 1.807) is 16.8 Å². The third-order valence-electron chi connectivity index (χ3n) is 5.92. The van der Waals surface area contributed by atoms with Gasteiger partial charge in [-0.05, 0) is 36.2 Å². The first-order valence-corrected chi connectivity index (χ1v) is 11.4. The Kier molecular flexibility index (Phi) is 6.21. The molecule has 0 bridgehead atoms. The Hall–Kier alpha value is -4.19. The molecule has 0 radical (unpaired) electrons. The average Bonchev–Trinajstić information content (AvgIpc) is 3.50. The van der Waals surface area contributed by atoms with Crippen LogP contribution in [-0.4, -0.2) is 33.1 Å². The summed E-state index contributed by atoms with van der Waals surface area (Å²) in [5.74, 6) is -0.238. The van der Waals surface area contributed by atoms with E-state index in [2.05, 4.69) is 0 Å². The predicted molar refractivity (Wildman–Crippen MR) is 129 cm³/mol. The summed E-state index contributed by atoms with van der Waals surface area (Å²) in [4.78, 5) is 26.6. The van der Waals surface area contributed by atoms with Crippen molar-refractivity contribution in [2.45, 2.75) is 26.0 Å². The van der Waals surface area contributed by atoms with Crippen LogP contribution >= 0.6 is 0 Å². The van der Waals surface area contributed by atoms with Crippen LogP contribution in [0.15, 0.2) is 91.1 Å². The van der Waals surface area contributed by atoms with Gasteiger partial charge in [-0.3, -0.25) is 4.79 Å². The molecule has 6 nitrogen and oxygen atoms in total. The van der Waals surface area contributed by atoms with Crippen LogP contribution in [0.1, 0.15) is 34.3 Å². The van der Waals surface area contributed by atoms with Gasteiger partial charge in [-0.2, -0.15) is 5.10 Å². The Morgan fingerprint density at radius 2 is 1.71 bits per heavy atom. The first-order chi connectivity index (χ1) is 16.7. The average molecular weight is 452 g/mol. The van der Waals surface area contributed by atoms with E-state index in [1.807, 2.05) is 83.9 Å². The molecule has 0 saturated carbocycles. The van der Waals surface area contributed by atoms with E-state index in [4.69, 9.17) is 9.84 Å². The Labute approximate surface area is 198 Å². The van der Waals surface area contributed by atoms with Gasteiger partial charge in [0.25, 0.3) is 0 Å². The van der Waals surface area contributed by atoms with Crippen molar-refractivity contribution in [2.24, 2.45) is 0 Å². The van der Waals surface area contributed by atoms with Crippen molar-refractivity contribution < 1.29 is 14.3 Å². The molecule has 0 unspecified atom stereocenters. The van der Waals surface area contributed by atoms with Crippen molar-refractivity contribution >= 4 is 11.9 Å². The molecule has 6 heteroatoms. The highest BCUT2D eigenvalue weighted by atomic mass is 16.5. The number of rotatable bonds is 7. The highest BCUT2D eigenvalue weighted by Gasteiger charge is 2.21. The van der Waals surface area contributed by atoms with E-state index in [9.17, 15) is 9.59 Å². The van der Waals surface area contributed by atoms with Crippen LogP contribution in [0.4, 0.5) is 0 Å². The van der Waals surface area contributed by atoms with Gasteiger partial charge in [-0.1, -0.05) is 60.7 Å². The van der Waals surface area contributed by atoms with Gasteiger partial charge < -0.3 is 9.64 Å². The van der Waals surface area contributed by atoms with Gasteiger partial charge in [-0.25, -0.2) is 9.48 Å². The first-order valence-electron chi connectivity index (χ1n) is 11.4. The number of carbonyl (C=O) groups excluding carboxylic acids is 2. The van der Waals surface area contributed by atoms with Crippen molar-refractivity contribution in [3.05, 3.63) is 108 Å². The molecule has 0 spiro atoms. The second kappa shape index (κ2) is 9.75. The fraction of sp³-hybridized carbons (Fsp3) is 0.179. The summed E-state index contributed by atoms with van der Waals surface area (Å²) in [7, 11) is 0. The molecule has 0 N–H and O–H groups in total. The van der Waals surface area contributed by atoms with Gasteiger partial charge in [-0.15, -0.1) is 0 Å². The largest absolute Gasteiger partial charge is 0.457 e. The summed E-state index contributed by atoms with van der Waals surface area (Å²) >= 11 is 0. The van der Waals surface area contributed by atoms with Crippen molar-refractivity contribution in [1.29, 1.82) is 0 Å². The topological polar surface area (TPSA) is 64.4 Å². The monoisotopic (exact) mass is 451 g/mol. The summed E-state index contributed by atoms with van der Waals surface area (Å²) in [6, 6.07) is 27.0. The molecule has 5 rings (SSSR count). The normalized spacial score (nSPS) is 13.3. The van der Waals surface area contributed by atoms with Gasteiger partial charge in [0.15, 0.2) is 0 Å². The minimum atomic E-state index is -0.402. The molecule has 3 aromatic carbocycles. The van der Waals surface area contributed by atoms with Gasteiger partial charge in [0.2, 0.25) is 5.91 Å². The second-order valence-electron chi connectivity index (χ2n) is 8.34. The number of aromatic nitrogens is 2.